The van der Waals surface area contributed by atoms with Crippen LogP contribution in [-0.2, 0) is 10.0 Å². The molecule has 3 rings (SSSR count). The normalized spacial score (nSPS) is 15.2. The van der Waals surface area contributed by atoms with Gasteiger partial charge in [0.1, 0.15) is 0 Å². The van der Waals surface area contributed by atoms with Crippen LogP contribution in [0.1, 0.15) is 33.5 Å². The van der Waals surface area contributed by atoms with Gasteiger partial charge in [-0.2, -0.15) is 4.31 Å². The Bertz CT molecular complexity index is 997. The van der Waals surface area contributed by atoms with E-state index in [2.05, 4.69) is 35.3 Å². The van der Waals surface area contributed by atoms with Gasteiger partial charge in [0.15, 0.2) is 0 Å². The van der Waals surface area contributed by atoms with Crippen molar-refractivity contribution in [2.75, 3.05) is 43.4 Å². The quantitative estimate of drug-likeness (QED) is 0.687. The van der Waals surface area contributed by atoms with Gasteiger partial charge in [0, 0.05) is 44.0 Å². The molecular weight excluding hydrogens is 398 g/mol. The summed E-state index contributed by atoms with van der Waals surface area (Å²) in [6, 6.07) is 13.9. The summed E-state index contributed by atoms with van der Waals surface area (Å²) >= 11 is 0. The third-order valence-corrected chi connectivity index (χ3v) is 7.59. The lowest BCUT2D eigenvalue weighted by molar-refractivity contribution is 0.0953. The first-order chi connectivity index (χ1) is 14.3. The largest absolute Gasteiger partial charge is 0.369 e. The van der Waals surface area contributed by atoms with Crippen molar-refractivity contribution in [3.8, 4) is 0 Å². The number of piperazine rings is 1. The molecule has 0 aliphatic carbocycles. The molecule has 2 aromatic carbocycles. The Morgan fingerprint density at radius 1 is 0.967 bits per heavy atom. The minimum atomic E-state index is -3.32. The van der Waals surface area contributed by atoms with Gasteiger partial charge in [0.05, 0.1) is 5.75 Å². The number of nitrogens with zero attached hydrogens (tertiary/aromatic N) is 2. The molecule has 6 nitrogen and oxygen atoms in total. The lowest BCUT2D eigenvalue weighted by Gasteiger charge is -2.35. The Hall–Kier alpha value is -2.38. The fourth-order valence-electron chi connectivity index (χ4n) is 3.62. The fourth-order valence-corrected chi connectivity index (χ4v) is 5.11. The molecule has 1 aliphatic heterocycles. The summed E-state index contributed by atoms with van der Waals surface area (Å²) in [6.45, 7) is 8.73. The molecule has 162 valence electrons. The van der Waals surface area contributed by atoms with Gasteiger partial charge in [-0.3, -0.25) is 4.79 Å². The van der Waals surface area contributed by atoms with E-state index in [1.54, 1.807) is 10.4 Å². The maximum Gasteiger partial charge on any atom is 0.251 e. The monoisotopic (exact) mass is 429 g/mol. The summed E-state index contributed by atoms with van der Waals surface area (Å²) < 4.78 is 26.9. The minimum Gasteiger partial charge on any atom is -0.369 e. The lowest BCUT2D eigenvalue weighted by atomic mass is 10.1. The number of carbonyl (C=O) groups excluding carboxylic acids is 1. The Balaban J connectivity index is 1.44. The van der Waals surface area contributed by atoms with E-state index in [0.717, 1.165) is 16.8 Å². The molecule has 0 unspecified atom stereocenters. The molecule has 0 atom stereocenters. The zero-order chi connectivity index (χ0) is 21.7. The molecular formula is C23H31N3O3S. The van der Waals surface area contributed by atoms with E-state index in [1.165, 1.54) is 5.56 Å². The van der Waals surface area contributed by atoms with Gasteiger partial charge in [-0.1, -0.05) is 18.2 Å². The van der Waals surface area contributed by atoms with E-state index in [1.807, 2.05) is 32.0 Å². The molecule has 1 heterocycles. The topological polar surface area (TPSA) is 69.7 Å². The van der Waals surface area contributed by atoms with Crippen LogP contribution >= 0.6 is 0 Å². The van der Waals surface area contributed by atoms with Gasteiger partial charge < -0.3 is 10.2 Å². The Morgan fingerprint density at radius 3 is 2.37 bits per heavy atom. The number of anilines is 1. The summed E-state index contributed by atoms with van der Waals surface area (Å²) in [5, 5.41) is 2.82. The number of carbonyl (C=O) groups is 1. The average molecular weight is 430 g/mol. The van der Waals surface area contributed by atoms with Crippen molar-refractivity contribution >= 4 is 21.6 Å². The van der Waals surface area contributed by atoms with E-state index in [9.17, 15) is 13.2 Å². The predicted molar refractivity (Wildman–Crippen MR) is 122 cm³/mol. The van der Waals surface area contributed by atoms with Crippen LogP contribution in [0.4, 0.5) is 5.69 Å². The van der Waals surface area contributed by atoms with Gasteiger partial charge in [0.2, 0.25) is 10.0 Å². The molecule has 0 bridgehead atoms. The van der Waals surface area contributed by atoms with E-state index in [4.69, 9.17) is 0 Å². The van der Waals surface area contributed by atoms with Crippen LogP contribution in [0.3, 0.4) is 0 Å². The van der Waals surface area contributed by atoms with Crippen molar-refractivity contribution in [3.05, 3.63) is 64.7 Å². The second kappa shape index (κ2) is 9.62. The third kappa shape index (κ3) is 5.61. The molecule has 0 saturated carbocycles. The van der Waals surface area contributed by atoms with E-state index >= 15 is 0 Å². The van der Waals surface area contributed by atoms with Gasteiger partial charge in [-0.05, 0) is 68.1 Å². The lowest BCUT2D eigenvalue weighted by Crippen LogP contribution is -2.49. The molecule has 1 aliphatic rings. The number of hydrogen-bond donors (Lipinski definition) is 1. The van der Waals surface area contributed by atoms with Gasteiger partial charge in [-0.15, -0.1) is 0 Å². The highest BCUT2D eigenvalue weighted by Gasteiger charge is 2.26. The molecule has 7 heteroatoms. The standard InChI is InChI=1S/C23H31N3O3S/c1-18-6-4-7-22(16-18)25-11-13-26(14-12-25)30(28,29)15-5-10-24-23(27)21-9-8-19(2)20(3)17-21/h4,6-9,16-17H,5,10-15H2,1-3H3,(H,24,27). The van der Waals surface area contributed by atoms with Gasteiger partial charge in [-0.25, -0.2) is 8.42 Å². The van der Waals surface area contributed by atoms with Gasteiger partial charge in [0.25, 0.3) is 5.91 Å². The Kier molecular flexibility index (Phi) is 7.15. The highest BCUT2D eigenvalue weighted by atomic mass is 32.2. The Labute approximate surface area is 179 Å². The second-order valence-corrected chi connectivity index (χ2v) is 10.0. The SMILES string of the molecule is Cc1cccc(N2CCN(S(=O)(=O)CCCNC(=O)c3ccc(C)c(C)c3)CC2)c1. The number of nitrogens with one attached hydrogen (secondary N) is 1. The van der Waals surface area contributed by atoms with Crippen molar-refractivity contribution in [2.24, 2.45) is 0 Å². The highest BCUT2D eigenvalue weighted by Crippen LogP contribution is 2.19. The predicted octanol–water partition coefficient (Wildman–Crippen LogP) is 2.88. The average Bonchev–Trinajstić information content (AvgIpc) is 2.73. The first kappa shape index (κ1) is 22.3. The maximum absolute atomic E-state index is 12.7. The van der Waals surface area contributed by atoms with Gasteiger partial charge >= 0.3 is 0 Å². The highest BCUT2D eigenvalue weighted by molar-refractivity contribution is 7.89. The first-order valence-electron chi connectivity index (χ1n) is 10.4. The van der Waals surface area contributed by atoms with Crippen LogP contribution in [-0.4, -0.2) is 57.1 Å². The van der Waals surface area contributed by atoms with Crippen LogP contribution in [0.2, 0.25) is 0 Å². The van der Waals surface area contributed by atoms with E-state index in [-0.39, 0.29) is 11.7 Å². The summed E-state index contributed by atoms with van der Waals surface area (Å²) in [5.74, 6) is -0.118. The molecule has 1 fully saturated rings. The zero-order valence-electron chi connectivity index (χ0n) is 18.0. The molecule has 1 amide bonds. The fraction of sp³-hybridized carbons (Fsp3) is 0.435. The molecule has 1 saturated heterocycles. The number of hydrogen-bond acceptors (Lipinski definition) is 4. The molecule has 0 spiro atoms. The zero-order valence-corrected chi connectivity index (χ0v) is 18.8. The van der Waals surface area contributed by atoms with Crippen molar-refractivity contribution < 1.29 is 13.2 Å². The van der Waals surface area contributed by atoms with E-state index < -0.39 is 10.0 Å². The smallest absolute Gasteiger partial charge is 0.251 e. The van der Waals surface area contributed by atoms with Crippen molar-refractivity contribution in [1.82, 2.24) is 9.62 Å². The maximum atomic E-state index is 12.7. The van der Waals surface area contributed by atoms with Crippen LogP contribution in [0.5, 0.6) is 0 Å². The molecule has 30 heavy (non-hydrogen) atoms. The summed E-state index contributed by atoms with van der Waals surface area (Å²) in [6.07, 6.45) is 0.400. The van der Waals surface area contributed by atoms with Crippen LogP contribution in [0, 0.1) is 20.8 Å². The van der Waals surface area contributed by atoms with Crippen molar-refractivity contribution in [1.29, 1.82) is 0 Å². The van der Waals surface area contributed by atoms with Crippen LogP contribution < -0.4 is 10.2 Å². The first-order valence-corrected chi connectivity index (χ1v) is 12.0. The Morgan fingerprint density at radius 2 is 1.70 bits per heavy atom. The van der Waals surface area contributed by atoms with Crippen LogP contribution in [0.15, 0.2) is 42.5 Å². The summed E-state index contributed by atoms with van der Waals surface area (Å²) in [7, 11) is -3.32. The number of rotatable bonds is 7. The molecule has 0 radical (unpaired) electrons. The number of amides is 1. The van der Waals surface area contributed by atoms with Crippen LogP contribution in [0.25, 0.3) is 0 Å². The summed E-state index contributed by atoms with van der Waals surface area (Å²) in [5.41, 5.74) is 5.15. The van der Waals surface area contributed by atoms with Crippen molar-refractivity contribution in [3.63, 3.8) is 0 Å². The van der Waals surface area contributed by atoms with Crippen molar-refractivity contribution in [2.45, 2.75) is 27.2 Å². The second-order valence-electron chi connectivity index (χ2n) is 7.95. The molecule has 0 aromatic heterocycles. The molecule has 2 aromatic rings. The number of sulfonamides is 1. The summed E-state index contributed by atoms with van der Waals surface area (Å²) in [4.78, 5) is 14.5. The number of aryl methyl sites for hydroxylation is 3. The minimum absolute atomic E-state index is 0.0463. The van der Waals surface area contributed by atoms with E-state index in [0.29, 0.717) is 44.7 Å². The number of benzene rings is 2. The molecule has 1 N–H and O–H groups in total. The third-order valence-electron chi connectivity index (χ3n) is 5.63.